The highest BCUT2D eigenvalue weighted by atomic mass is 35.5. The van der Waals surface area contributed by atoms with Crippen molar-refractivity contribution in [3.63, 3.8) is 0 Å². The Morgan fingerprint density at radius 3 is 2.45 bits per heavy atom. The van der Waals surface area contributed by atoms with Crippen LogP contribution < -0.4 is 24.8 Å². The fraction of sp³-hybridized carbons (Fsp3) is 0.179. The zero-order valence-electron chi connectivity index (χ0n) is 21.3. The van der Waals surface area contributed by atoms with Gasteiger partial charge >= 0.3 is 0 Å². The van der Waals surface area contributed by atoms with Gasteiger partial charge in [0.05, 0.1) is 32.6 Å². The van der Waals surface area contributed by atoms with Crippen LogP contribution in [0, 0.1) is 0 Å². The van der Waals surface area contributed by atoms with Crippen molar-refractivity contribution < 1.29 is 19.0 Å². The van der Waals surface area contributed by atoms with E-state index in [1.807, 2.05) is 43.3 Å². The molecule has 38 heavy (non-hydrogen) atoms. The number of methoxy groups -OCH3 is 3. The van der Waals surface area contributed by atoms with Crippen LogP contribution in [0.5, 0.6) is 17.2 Å². The maximum atomic E-state index is 13.9. The van der Waals surface area contributed by atoms with Crippen molar-refractivity contribution in [1.82, 2.24) is 14.8 Å². The van der Waals surface area contributed by atoms with Crippen LogP contribution >= 0.6 is 11.6 Å². The van der Waals surface area contributed by atoms with Crippen LogP contribution in [0.15, 0.2) is 78.0 Å². The van der Waals surface area contributed by atoms with Crippen molar-refractivity contribution in [3.8, 4) is 28.6 Å². The number of carbonyl (C=O) groups is 1. The van der Waals surface area contributed by atoms with Gasteiger partial charge in [0.2, 0.25) is 5.95 Å². The largest absolute Gasteiger partial charge is 0.495 e. The molecule has 4 aromatic rings. The number of fused-ring (bicyclic) bond motifs is 1. The molecule has 0 bridgehead atoms. The molecule has 1 aliphatic rings. The molecule has 1 amide bonds. The SMILES string of the molecule is COc1ccccc1NC(=O)C1=C(C)Nc2nc(-c3cccc(Cl)c3)nn2C1c1cccc(OC)c1OC. The molecule has 1 atom stereocenters. The summed E-state index contributed by atoms with van der Waals surface area (Å²) >= 11 is 6.23. The molecule has 1 aromatic heterocycles. The number of carbonyl (C=O) groups excluding carboxylic acids is 1. The topological polar surface area (TPSA) is 99.5 Å². The van der Waals surface area contributed by atoms with E-state index in [0.717, 1.165) is 5.56 Å². The number of nitrogens with one attached hydrogen (secondary N) is 2. The molecule has 0 fully saturated rings. The van der Waals surface area contributed by atoms with Crippen molar-refractivity contribution >= 4 is 29.1 Å². The van der Waals surface area contributed by atoms with Crippen molar-refractivity contribution in [2.45, 2.75) is 13.0 Å². The Labute approximate surface area is 225 Å². The number of allylic oxidation sites excluding steroid dienone is 1. The summed E-state index contributed by atoms with van der Waals surface area (Å²) in [7, 11) is 4.69. The Bertz CT molecular complexity index is 1550. The first-order chi connectivity index (χ1) is 18.4. The number of nitrogens with zero attached hydrogens (tertiary/aromatic N) is 3. The van der Waals surface area contributed by atoms with Gasteiger partial charge in [-0.25, -0.2) is 4.68 Å². The minimum atomic E-state index is -0.688. The fourth-order valence-electron chi connectivity index (χ4n) is 4.55. The predicted octanol–water partition coefficient (Wildman–Crippen LogP) is 5.55. The standard InChI is InChI=1S/C28H26ClN5O4/c1-16-23(27(35)31-20-12-5-6-13-21(20)36-2)24(19-11-8-14-22(37-3)25(19)38-4)34-28(30-16)32-26(33-34)17-9-7-10-18(29)15-17/h5-15,24H,1-4H3,(H,31,35)(H,30,32,33). The zero-order chi connectivity index (χ0) is 26.8. The lowest BCUT2D eigenvalue weighted by atomic mass is 9.94. The highest BCUT2D eigenvalue weighted by molar-refractivity contribution is 6.30. The van der Waals surface area contributed by atoms with E-state index < -0.39 is 6.04 Å². The molecule has 2 heterocycles. The lowest BCUT2D eigenvalue weighted by Crippen LogP contribution is -2.32. The van der Waals surface area contributed by atoms with Gasteiger partial charge in [-0.1, -0.05) is 48.0 Å². The molecular weight excluding hydrogens is 506 g/mol. The highest BCUT2D eigenvalue weighted by Gasteiger charge is 2.37. The summed E-state index contributed by atoms with van der Waals surface area (Å²) in [4.78, 5) is 18.6. The maximum Gasteiger partial charge on any atom is 0.255 e. The minimum Gasteiger partial charge on any atom is -0.495 e. The number of anilines is 2. The summed E-state index contributed by atoms with van der Waals surface area (Å²) in [6.45, 7) is 1.83. The summed E-state index contributed by atoms with van der Waals surface area (Å²) in [6.07, 6.45) is 0. The number of rotatable bonds is 7. The molecular formula is C28H26ClN5O4. The normalized spacial score (nSPS) is 14.4. The lowest BCUT2D eigenvalue weighted by molar-refractivity contribution is -0.113. The molecule has 0 spiro atoms. The number of hydrogen-bond donors (Lipinski definition) is 2. The molecule has 2 N–H and O–H groups in total. The summed E-state index contributed by atoms with van der Waals surface area (Å²) in [5, 5.41) is 11.6. The van der Waals surface area contributed by atoms with Crippen LogP contribution in [0.25, 0.3) is 11.4 Å². The van der Waals surface area contributed by atoms with Crippen LogP contribution in [0.1, 0.15) is 18.5 Å². The number of ether oxygens (including phenoxy) is 3. The van der Waals surface area contributed by atoms with E-state index in [4.69, 9.17) is 35.9 Å². The van der Waals surface area contributed by atoms with E-state index in [1.165, 1.54) is 0 Å². The summed E-state index contributed by atoms with van der Waals surface area (Å²) in [6, 6.07) is 19.4. The summed E-state index contributed by atoms with van der Waals surface area (Å²) in [5.41, 5.74) is 3.01. The molecule has 1 unspecified atom stereocenters. The Hall–Kier alpha value is -4.50. The quantitative estimate of drug-likeness (QED) is 0.322. The second-order valence-corrected chi connectivity index (χ2v) is 8.95. The number of halogens is 1. The van der Waals surface area contributed by atoms with Crippen LogP contribution in [-0.4, -0.2) is 42.0 Å². The van der Waals surface area contributed by atoms with Gasteiger partial charge in [0.1, 0.15) is 11.8 Å². The van der Waals surface area contributed by atoms with Crippen LogP contribution in [0.2, 0.25) is 5.02 Å². The van der Waals surface area contributed by atoms with E-state index in [9.17, 15) is 4.79 Å². The fourth-order valence-corrected chi connectivity index (χ4v) is 4.74. The van der Waals surface area contributed by atoms with Crippen LogP contribution in [-0.2, 0) is 4.79 Å². The summed E-state index contributed by atoms with van der Waals surface area (Å²) in [5.74, 6) is 2.16. The Kier molecular flexibility index (Phi) is 6.93. The Morgan fingerprint density at radius 1 is 0.974 bits per heavy atom. The molecule has 0 saturated heterocycles. The van der Waals surface area contributed by atoms with Gasteiger partial charge in [0.25, 0.3) is 5.91 Å². The smallest absolute Gasteiger partial charge is 0.255 e. The molecule has 0 radical (unpaired) electrons. The van der Waals surface area contributed by atoms with Gasteiger partial charge < -0.3 is 24.8 Å². The molecule has 5 rings (SSSR count). The number of hydrogen-bond acceptors (Lipinski definition) is 7. The van der Waals surface area contributed by atoms with Crippen molar-refractivity contribution in [3.05, 3.63) is 88.6 Å². The zero-order valence-corrected chi connectivity index (χ0v) is 22.0. The number of benzene rings is 3. The third-order valence-electron chi connectivity index (χ3n) is 6.26. The molecule has 0 saturated carbocycles. The predicted molar refractivity (Wildman–Crippen MR) is 146 cm³/mol. The van der Waals surface area contributed by atoms with Gasteiger partial charge in [0.15, 0.2) is 17.3 Å². The van der Waals surface area contributed by atoms with Gasteiger partial charge in [-0.3, -0.25) is 4.79 Å². The van der Waals surface area contributed by atoms with Gasteiger partial charge in [-0.15, -0.1) is 5.10 Å². The number of aromatic nitrogens is 3. The van der Waals surface area contributed by atoms with E-state index >= 15 is 0 Å². The second kappa shape index (κ2) is 10.5. The summed E-state index contributed by atoms with van der Waals surface area (Å²) < 4.78 is 18.4. The van der Waals surface area contributed by atoms with E-state index in [-0.39, 0.29) is 5.91 Å². The molecule has 10 heteroatoms. The first-order valence-corrected chi connectivity index (χ1v) is 12.2. The van der Waals surface area contributed by atoms with Gasteiger partial charge in [0, 0.05) is 21.8 Å². The van der Waals surface area contributed by atoms with Crippen molar-refractivity contribution in [1.29, 1.82) is 0 Å². The molecule has 9 nitrogen and oxygen atoms in total. The molecule has 0 aliphatic carbocycles. The minimum absolute atomic E-state index is 0.333. The monoisotopic (exact) mass is 531 g/mol. The lowest BCUT2D eigenvalue weighted by Gasteiger charge is -2.30. The molecule has 1 aliphatic heterocycles. The van der Waals surface area contributed by atoms with Crippen LogP contribution in [0.3, 0.4) is 0 Å². The highest BCUT2D eigenvalue weighted by Crippen LogP contribution is 2.43. The van der Waals surface area contributed by atoms with Crippen molar-refractivity contribution in [2.75, 3.05) is 32.0 Å². The number of amides is 1. The average Bonchev–Trinajstić information content (AvgIpc) is 3.35. The van der Waals surface area contributed by atoms with Crippen molar-refractivity contribution in [2.24, 2.45) is 0 Å². The molecule has 3 aromatic carbocycles. The Morgan fingerprint density at radius 2 is 1.71 bits per heavy atom. The first kappa shape index (κ1) is 25.2. The Balaban J connectivity index is 1.67. The second-order valence-electron chi connectivity index (χ2n) is 8.52. The average molecular weight is 532 g/mol. The van der Waals surface area contributed by atoms with E-state index in [0.29, 0.717) is 56.6 Å². The maximum absolute atomic E-state index is 13.9. The third kappa shape index (κ3) is 4.52. The third-order valence-corrected chi connectivity index (χ3v) is 6.50. The van der Waals surface area contributed by atoms with Crippen LogP contribution in [0.4, 0.5) is 11.6 Å². The molecule has 194 valence electrons. The first-order valence-electron chi connectivity index (χ1n) is 11.8. The van der Waals surface area contributed by atoms with Gasteiger partial charge in [-0.2, -0.15) is 4.98 Å². The number of para-hydroxylation sites is 3. The van der Waals surface area contributed by atoms with Gasteiger partial charge in [-0.05, 0) is 37.3 Å². The van der Waals surface area contributed by atoms with E-state index in [2.05, 4.69) is 10.6 Å². The van der Waals surface area contributed by atoms with E-state index in [1.54, 1.807) is 56.3 Å².